The second-order valence-corrected chi connectivity index (χ2v) is 8.40. The second kappa shape index (κ2) is 7.67. The van der Waals surface area contributed by atoms with Gasteiger partial charge in [0.15, 0.2) is 0 Å². The van der Waals surface area contributed by atoms with Crippen molar-refractivity contribution in [3.63, 3.8) is 0 Å². The molecule has 1 aromatic rings. The van der Waals surface area contributed by atoms with Crippen LogP contribution in [0.3, 0.4) is 0 Å². The normalized spacial score (nSPS) is 18.6. The molecule has 1 N–H and O–H groups in total. The first kappa shape index (κ1) is 19.6. The average molecular weight is 351 g/mol. The molecule has 6 nitrogen and oxygen atoms in total. The first-order valence-electron chi connectivity index (χ1n) is 9.36. The van der Waals surface area contributed by atoms with E-state index in [4.69, 9.17) is 4.74 Å². The molecule has 1 atom stereocenters. The highest BCUT2D eigenvalue weighted by Crippen LogP contribution is 2.24. The Bertz CT molecular complexity index is 601. The standard InChI is InChI=1S/C19H34N4O2/c1-13(2)23-15(4)17(14(3)21-23)20-11-16-9-8-10-22(12-16)18(24)25-19(5,6)7/h13,16,20H,8-12H2,1-7H3. The van der Waals surface area contributed by atoms with Gasteiger partial charge in [0, 0.05) is 25.7 Å². The summed E-state index contributed by atoms with van der Waals surface area (Å²) in [5, 5.41) is 8.20. The maximum absolute atomic E-state index is 12.3. The van der Waals surface area contributed by atoms with Crippen LogP contribution in [-0.2, 0) is 4.74 Å². The Morgan fingerprint density at radius 2 is 2.04 bits per heavy atom. The van der Waals surface area contributed by atoms with Crippen molar-refractivity contribution < 1.29 is 9.53 Å². The number of anilines is 1. The quantitative estimate of drug-likeness (QED) is 0.886. The molecule has 0 aromatic carbocycles. The highest BCUT2D eigenvalue weighted by molar-refractivity contribution is 5.68. The molecule has 2 heterocycles. The molecule has 1 aromatic heterocycles. The van der Waals surface area contributed by atoms with E-state index < -0.39 is 5.60 Å². The summed E-state index contributed by atoms with van der Waals surface area (Å²) in [6, 6.07) is 0.353. The molecule has 0 spiro atoms. The highest BCUT2D eigenvalue weighted by atomic mass is 16.6. The lowest BCUT2D eigenvalue weighted by molar-refractivity contribution is 0.0172. The van der Waals surface area contributed by atoms with E-state index in [2.05, 4.69) is 35.9 Å². The SMILES string of the molecule is Cc1nn(C(C)C)c(C)c1NCC1CCCN(C(=O)OC(C)(C)C)C1. The van der Waals surface area contributed by atoms with Gasteiger partial charge in [0.05, 0.1) is 17.1 Å². The molecule has 0 aliphatic carbocycles. The van der Waals surface area contributed by atoms with E-state index in [-0.39, 0.29) is 6.09 Å². The topological polar surface area (TPSA) is 59.4 Å². The van der Waals surface area contributed by atoms with Gasteiger partial charge in [-0.2, -0.15) is 5.10 Å². The Kier molecular flexibility index (Phi) is 6.01. The molecule has 1 amide bonds. The zero-order valence-electron chi connectivity index (χ0n) is 16.8. The summed E-state index contributed by atoms with van der Waals surface area (Å²) in [4.78, 5) is 14.1. The van der Waals surface area contributed by atoms with Crippen LogP contribution in [0.15, 0.2) is 0 Å². The van der Waals surface area contributed by atoms with Crippen LogP contribution in [0.2, 0.25) is 0 Å². The first-order chi connectivity index (χ1) is 11.6. The number of amides is 1. The number of nitrogens with one attached hydrogen (secondary N) is 1. The van der Waals surface area contributed by atoms with Crippen molar-refractivity contribution in [2.45, 2.75) is 73.0 Å². The summed E-state index contributed by atoms with van der Waals surface area (Å²) < 4.78 is 7.57. The first-order valence-corrected chi connectivity index (χ1v) is 9.36. The van der Waals surface area contributed by atoms with Crippen LogP contribution in [-0.4, -0.2) is 46.0 Å². The van der Waals surface area contributed by atoms with Crippen molar-refractivity contribution in [1.29, 1.82) is 0 Å². The van der Waals surface area contributed by atoms with Crippen molar-refractivity contribution in [3.8, 4) is 0 Å². The predicted octanol–water partition coefficient (Wildman–Crippen LogP) is 4.14. The summed E-state index contributed by atoms with van der Waals surface area (Å²) >= 11 is 0. The number of aromatic nitrogens is 2. The Morgan fingerprint density at radius 3 is 2.60 bits per heavy atom. The highest BCUT2D eigenvalue weighted by Gasteiger charge is 2.27. The number of ether oxygens (including phenoxy) is 1. The second-order valence-electron chi connectivity index (χ2n) is 8.40. The number of nitrogens with zero attached hydrogens (tertiary/aromatic N) is 3. The lowest BCUT2D eigenvalue weighted by Gasteiger charge is -2.34. The van der Waals surface area contributed by atoms with E-state index in [9.17, 15) is 4.79 Å². The summed E-state index contributed by atoms with van der Waals surface area (Å²) in [5.74, 6) is 0.433. The minimum atomic E-state index is -0.443. The molecule has 1 aliphatic heterocycles. The van der Waals surface area contributed by atoms with E-state index >= 15 is 0 Å². The third kappa shape index (κ3) is 5.13. The Balaban J connectivity index is 1.94. The number of carbonyl (C=O) groups excluding carboxylic acids is 1. The molecule has 142 valence electrons. The van der Waals surface area contributed by atoms with Crippen LogP contribution >= 0.6 is 0 Å². The predicted molar refractivity (Wildman–Crippen MR) is 101 cm³/mol. The molecule has 2 rings (SSSR count). The van der Waals surface area contributed by atoms with Gasteiger partial charge in [0.25, 0.3) is 0 Å². The van der Waals surface area contributed by atoms with Crippen molar-refractivity contribution in [2.75, 3.05) is 25.0 Å². The van der Waals surface area contributed by atoms with Gasteiger partial charge in [0.1, 0.15) is 5.60 Å². The summed E-state index contributed by atoms with van der Waals surface area (Å²) in [6.07, 6.45) is 1.95. The van der Waals surface area contributed by atoms with Gasteiger partial charge in [-0.1, -0.05) is 0 Å². The molecule has 1 aliphatic rings. The van der Waals surface area contributed by atoms with Crippen molar-refractivity contribution in [2.24, 2.45) is 5.92 Å². The van der Waals surface area contributed by atoms with Gasteiger partial charge >= 0.3 is 6.09 Å². The molecule has 1 fully saturated rings. The monoisotopic (exact) mass is 350 g/mol. The molecule has 25 heavy (non-hydrogen) atoms. The van der Waals surface area contributed by atoms with Crippen LogP contribution < -0.4 is 5.32 Å². The van der Waals surface area contributed by atoms with Crippen LogP contribution in [0.1, 0.15) is 64.9 Å². The molecule has 0 radical (unpaired) electrons. The van der Waals surface area contributed by atoms with E-state index in [1.54, 1.807) is 0 Å². The molecular formula is C19H34N4O2. The fourth-order valence-electron chi connectivity index (χ4n) is 3.39. The van der Waals surface area contributed by atoms with Crippen molar-refractivity contribution >= 4 is 11.8 Å². The smallest absolute Gasteiger partial charge is 0.410 e. The zero-order valence-corrected chi connectivity index (χ0v) is 16.8. The summed E-state index contributed by atoms with van der Waals surface area (Å²) in [7, 11) is 0. The number of aryl methyl sites for hydroxylation is 1. The Hall–Kier alpha value is -1.72. The fraction of sp³-hybridized carbons (Fsp3) is 0.789. The fourth-order valence-corrected chi connectivity index (χ4v) is 3.39. The van der Waals surface area contributed by atoms with E-state index in [1.807, 2.05) is 32.6 Å². The van der Waals surface area contributed by atoms with Crippen LogP contribution in [0, 0.1) is 19.8 Å². The third-order valence-corrected chi connectivity index (χ3v) is 4.55. The van der Waals surface area contributed by atoms with Gasteiger partial charge in [-0.05, 0) is 67.2 Å². The zero-order chi connectivity index (χ0) is 18.8. The number of piperidine rings is 1. The number of hydrogen-bond acceptors (Lipinski definition) is 4. The lowest BCUT2D eigenvalue weighted by Crippen LogP contribution is -2.44. The molecule has 0 bridgehead atoms. The number of rotatable bonds is 4. The van der Waals surface area contributed by atoms with Gasteiger partial charge < -0.3 is 15.0 Å². The number of carbonyl (C=O) groups is 1. The summed E-state index contributed by atoms with van der Waals surface area (Å²) in [6.45, 7) is 16.5. The Labute approximate surface area is 151 Å². The van der Waals surface area contributed by atoms with Gasteiger partial charge in [-0.25, -0.2) is 4.79 Å². The van der Waals surface area contributed by atoms with Gasteiger partial charge in [0.2, 0.25) is 0 Å². The lowest BCUT2D eigenvalue weighted by atomic mass is 9.98. The largest absolute Gasteiger partial charge is 0.444 e. The van der Waals surface area contributed by atoms with E-state index in [0.717, 1.165) is 43.9 Å². The number of hydrogen-bond donors (Lipinski definition) is 1. The summed E-state index contributed by atoms with van der Waals surface area (Å²) in [5.41, 5.74) is 2.89. The van der Waals surface area contributed by atoms with Gasteiger partial charge in [-0.15, -0.1) is 0 Å². The average Bonchev–Trinajstić information content (AvgIpc) is 2.79. The van der Waals surface area contributed by atoms with Crippen molar-refractivity contribution in [3.05, 3.63) is 11.4 Å². The molecule has 1 saturated heterocycles. The van der Waals surface area contributed by atoms with Gasteiger partial charge in [-0.3, -0.25) is 4.68 Å². The molecular weight excluding hydrogens is 316 g/mol. The van der Waals surface area contributed by atoms with E-state index in [1.165, 1.54) is 5.69 Å². The molecule has 6 heteroatoms. The van der Waals surface area contributed by atoms with Crippen LogP contribution in [0.5, 0.6) is 0 Å². The number of likely N-dealkylation sites (tertiary alicyclic amines) is 1. The minimum absolute atomic E-state index is 0.197. The van der Waals surface area contributed by atoms with Crippen LogP contribution in [0.25, 0.3) is 0 Å². The maximum atomic E-state index is 12.3. The van der Waals surface area contributed by atoms with Crippen LogP contribution in [0.4, 0.5) is 10.5 Å². The van der Waals surface area contributed by atoms with E-state index in [0.29, 0.717) is 12.0 Å². The minimum Gasteiger partial charge on any atom is -0.444 e. The molecule has 0 saturated carbocycles. The maximum Gasteiger partial charge on any atom is 0.410 e. The molecule has 1 unspecified atom stereocenters. The third-order valence-electron chi connectivity index (χ3n) is 4.55. The van der Waals surface area contributed by atoms with Crippen molar-refractivity contribution in [1.82, 2.24) is 14.7 Å². The Morgan fingerprint density at radius 1 is 1.36 bits per heavy atom.